The Morgan fingerprint density at radius 1 is 1.08 bits per heavy atom. The third kappa shape index (κ3) is 3.20. The summed E-state index contributed by atoms with van der Waals surface area (Å²) >= 11 is 0. The van der Waals surface area contributed by atoms with Crippen molar-refractivity contribution in [2.45, 2.75) is 19.3 Å². The fourth-order valence-electron chi connectivity index (χ4n) is 3.05. The molecule has 1 saturated heterocycles. The molecule has 0 N–H and O–H groups in total. The van der Waals surface area contributed by atoms with E-state index in [1.165, 1.54) is 6.42 Å². The lowest BCUT2D eigenvalue weighted by Crippen LogP contribution is -2.36. The van der Waals surface area contributed by atoms with Crippen molar-refractivity contribution in [3.63, 3.8) is 0 Å². The van der Waals surface area contributed by atoms with E-state index in [1.54, 1.807) is 32.5 Å². The van der Waals surface area contributed by atoms with E-state index in [1.807, 2.05) is 23.1 Å². The van der Waals surface area contributed by atoms with E-state index in [0.29, 0.717) is 22.8 Å². The average molecular weight is 326 g/mol. The van der Waals surface area contributed by atoms with Crippen LogP contribution in [0.15, 0.2) is 36.5 Å². The van der Waals surface area contributed by atoms with Crippen LogP contribution in [0.4, 0.5) is 0 Å². The van der Waals surface area contributed by atoms with Gasteiger partial charge in [0.05, 0.1) is 25.5 Å². The molecule has 1 aromatic carbocycles. The fraction of sp³-hybridized carbons (Fsp3) is 0.368. The number of aromatic nitrogens is 1. The Hall–Kier alpha value is -2.56. The Morgan fingerprint density at radius 2 is 1.88 bits per heavy atom. The second-order valence-corrected chi connectivity index (χ2v) is 5.82. The molecule has 0 radical (unpaired) electrons. The zero-order valence-electron chi connectivity index (χ0n) is 14.1. The average Bonchev–Trinajstić information content (AvgIpc) is 2.67. The first-order chi connectivity index (χ1) is 11.7. The third-order valence-electron chi connectivity index (χ3n) is 4.35. The summed E-state index contributed by atoms with van der Waals surface area (Å²) in [6.07, 6.45) is 5.02. The highest BCUT2D eigenvalue weighted by molar-refractivity contribution is 6.00. The number of ether oxygens (including phenoxy) is 2. The van der Waals surface area contributed by atoms with Crippen LogP contribution in [0.1, 0.15) is 29.6 Å². The largest absolute Gasteiger partial charge is 0.497 e. The molecule has 1 aliphatic rings. The van der Waals surface area contributed by atoms with Crippen molar-refractivity contribution in [3.8, 4) is 22.8 Å². The smallest absolute Gasteiger partial charge is 0.256 e. The highest BCUT2D eigenvalue weighted by Gasteiger charge is 2.23. The van der Waals surface area contributed by atoms with Gasteiger partial charge in [-0.1, -0.05) is 0 Å². The second-order valence-electron chi connectivity index (χ2n) is 5.82. The van der Waals surface area contributed by atoms with E-state index < -0.39 is 0 Å². The van der Waals surface area contributed by atoms with Crippen molar-refractivity contribution in [2.24, 2.45) is 0 Å². The summed E-state index contributed by atoms with van der Waals surface area (Å²) in [5, 5.41) is 0. The van der Waals surface area contributed by atoms with Gasteiger partial charge in [0.2, 0.25) is 0 Å². The number of carbonyl (C=O) groups is 1. The lowest BCUT2D eigenvalue weighted by atomic mass is 10.0. The van der Waals surface area contributed by atoms with Gasteiger partial charge in [-0.25, -0.2) is 0 Å². The molecule has 126 valence electrons. The van der Waals surface area contributed by atoms with Gasteiger partial charge in [-0.05, 0) is 43.5 Å². The number of nitrogens with zero attached hydrogens (tertiary/aromatic N) is 2. The first kappa shape index (κ1) is 16.3. The minimum absolute atomic E-state index is 0.0377. The summed E-state index contributed by atoms with van der Waals surface area (Å²) < 4.78 is 10.7. The molecular weight excluding hydrogens is 304 g/mol. The lowest BCUT2D eigenvalue weighted by molar-refractivity contribution is 0.0725. The first-order valence-electron chi connectivity index (χ1n) is 8.21. The van der Waals surface area contributed by atoms with Gasteiger partial charge in [0.25, 0.3) is 5.91 Å². The van der Waals surface area contributed by atoms with Gasteiger partial charge in [0.15, 0.2) is 0 Å². The highest BCUT2D eigenvalue weighted by atomic mass is 16.5. The maximum atomic E-state index is 12.9. The zero-order valence-corrected chi connectivity index (χ0v) is 14.1. The van der Waals surface area contributed by atoms with E-state index >= 15 is 0 Å². The minimum Gasteiger partial charge on any atom is -0.497 e. The van der Waals surface area contributed by atoms with Gasteiger partial charge in [-0.15, -0.1) is 0 Å². The Morgan fingerprint density at radius 3 is 2.58 bits per heavy atom. The number of carbonyl (C=O) groups excluding carboxylic acids is 1. The Balaban J connectivity index is 2.02. The zero-order chi connectivity index (χ0) is 16.9. The standard InChI is InChI=1S/C19H22N2O3/c1-23-14-8-9-15(17(13-14)24-2)18-16(7-6-10-20-18)19(22)21-11-4-3-5-12-21/h6-10,13H,3-5,11-12H2,1-2H3. The van der Waals surface area contributed by atoms with Crippen molar-refractivity contribution in [1.29, 1.82) is 0 Å². The molecule has 0 aliphatic carbocycles. The number of methoxy groups -OCH3 is 2. The molecule has 3 rings (SSSR count). The summed E-state index contributed by atoms with van der Waals surface area (Å²) in [5.74, 6) is 1.38. The highest BCUT2D eigenvalue weighted by Crippen LogP contribution is 2.34. The van der Waals surface area contributed by atoms with Crippen molar-refractivity contribution in [1.82, 2.24) is 9.88 Å². The SMILES string of the molecule is COc1ccc(-c2ncccc2C(=O)N2CCCCC2)c(OC)c1. The van der Waals surface area contributed by atoms with E-state index in [9.17, 15) is 4.79 Å². The van der Waals surface area contributed by atoms with Crippen LogP contribution in [0, 0.1) is 0 Å². The molecule has 1 fully saturated rings. The van der Waals surface area contributed by atoms with Crippen molar-refractivity contribution < 1.29 is 14.3 Å². The number of likely N-dealkylation sites (tertiary alicyclic amines) is 1. The van der Waals surface area contributed by atoms with E-state index in [0.717, 1.165) is 31.5 Å². The number of hydrogen-bond acceptors (Lipinski definition) is 4. The summed E-state index contributed by atoms with van der Waals surface area (Å²) in [6.45, 7) is 1.62. The molecule has 1 aliphatic heterocycles. The quantitative estimate of drug-likeness (QED) is 0.864. The van der Waals surface area contributed by atoms with Crippen molar-refractivity contribution in [2.75, 3.05) is 27.3 Å². The van der Waals surface area contributed by atoms with Crippen LogP contribution >= 0.6 is 0 Å². The monoisotopic (exact) mass is 326 g/mol. The van der Waals surface area contributed by atoms with Crippen molar-refractivity contribution >= 4 is 5.91 Å². The number of amides is 1. The number of pyridine rings is 1. The van der Waals surface area contributed by atoms with E-state index in [4.69, 9.17) is 9.47 Å². The Labute approximate surface area is 142 Å². The van der Waals surface area contributed by atoms with Gasteiger partial charge >= 0.3 is 0 Å². The number of rotatable bonds is 4. The molecule has 24 heavy (non-hydrogen) atoms. The van der Waals surface area contributed by atoms with Crippen LogP contribution in [0.5, 0.6) is 11.5 Å². The van der Waals surface area contributed by atoms with Gasteiger partial charge in [0, 0.05) is 30.9 Å². The molecule has 2 aromatic rings. The summed E-state index contributed by atoms with van der Waals surface area (Å²) in [6, 6.07) is 9.17. The molecule has 0 unspecified atom stereocenters. The Kier molecular flexibility index (Phi) is 4.99. The molecule has 2 heterocycles. The van der Waals surface area contributed by atoms with Gasteiger partial charge in [0.1, 0.15) is 11.5 Å². The van der Waals surface area contributed by atoms with Gasteiger partial charge < -0.3 is 14.4 Å². The van der Waals surface area contributed by atoms with Crippen LogP contribution < -0.4 is 9.47 Å². The molecule has 1 aromatic heterocycles. The second kappa shape index (κ2) is 7.34. The van der Waals surface area contributed by atoms with E-state index in [-0.39, 0.29) is 5.91 Å². The normalized spacial score (nSPS) is 14.3. The first-order valence-corrected chi connectivity index (χ1v) is 8.21. The van der Waals surface area contributed by atoms with Crippen LogP contribution in [-0.4, -0.2) is 43.1 Å². The fourth-order valence-corrected chi connectivity index (χ4v) is 3.05. The molecule has 5 nitrogen and oxygen atoms in total. The number of hydrogen-bond donors (Lipinski definition) is 0. The molecule has 0 bridgehead atoms. The number of piperidine rings is 1. The maximum absolute atomic E-state index is 12.9. The van der Waals surface area contributed by atoms with Gasteiger partial charge in [-0.2, -0.15) is 0 Å². The van der Waals surface area contributed by atoms with Gasteiger partial charge in [-0.3, -0.25) is 9.78 Å². The summed E-state index contributed by atoms with van der Waals surface area (Å²) in [4.78, 5) is 19.3. The Bertz CT molecular complexity index is 724. The predicted octanol–water partition coefficient (Wildman–Crippen LogP) is 3.39. The molecule has 0 atom stereocenters. The topological polar surface area (TPSA) is 51.7 Å². The van der Waals surface area contributed by atoms with Crippen LogP contribution in [0.3, 0.4) is 0 Å². The van der Waals surface area contributed by atoms with E-state index in [2.05, 4.69) is 4.98 Å². The molecular formula is C19H22N2O3. The summed E-state index contributed by atoms with van der Waals surface area (Å²) in [7, 11) is 3.22. The number of benzene rings is 1. The molecule has 0 spiro atoms. The maximum Gasteiger partial charge on any atom is 0.256 e. The predicted molar refractivity (Wildman–Crippen MR) is 92.5 cm³/mol. The van der Waals surface area contributed by atoms with Crippen LogP contribution in [0.25, 0.3) is 11.3 Å². The van der Waals surface area contributed by atoms with Crippen LogP contribution in [-0.2, 0) is 0 Å². The third-order valence-corrected chi connectivity index (χ3v) is 4.35. The molecule has 5 heteroatoms. The van der Waals surface area contributed by atoms with Crippen LogP contribution in [0.2, 0.25) is 0 Å². The lowest BCUT2D eigenvalue weighted by Gasteiger charge is -2.27. The molecule has 0 saturated carbocycles. The molecule has 1 amide bonds. The van der Waals surface area contributed by atoms with Crippen molar-refractivity contribution in [3.05, 3.63) is 42.1 Å². The minimum atomic E-state index is 0.0377. The summed E-state index contributed by atoms with van der Waals surface area (Å²) in [5.41, 5.74) is 2.05.